The van der Waals surface area contributed by atoms with Gasteiger partial charge in [0.05, 0.1) is 25.7 Å². The van der Waals surface area contributed by atoms with Crippen molar-refractivity contribution in [1.29, 1.82) is 0 Å². The maximum absolute atomic E-state index is 13.5. The summed E-state index contributed by atoms with van der Waals surface area (Å²) in [6.07, 6.45) is 5.58. The number of carbonyl (C=O) groups excluding carboxylic acids is 2. The van der Waals surface area contributed by atoms with Crippen molar-refractivity contribution in [2.75, 3.05) is 30.8 Å². The summed E-state index contributed by atoms with van der Waals surface area (Å²) in [7, 11) is -2.05. The highest BCUT2D eigenvalue weighted by atomic mass is 32.2. The van der Waals surface area contributed by atoms with Gasteiger partial charge in [-0.3, -0.25) is 13.9 Å². The van der Waals surface area contributed by atoms with E-state index in [0.717, 1.165) is 37.5 Å². The molecular weight excluding hydrogens is 518 g/mol. The van der Waals surface area contributed by atoms with E-state index >= 15 is 0 Å². The third kappa shape index (κ3) is 8.61. The number of nitrogens with zero attached hydrogens (tertiary/aromatic N) is 2. The van der Waals surface area contributed by atoms with Gasteiger partial charge >= 0.3 is 0 Å². The van der Waals surface area contributed by atoms with Gasteiger partial charge in [0, 0.05) is 25.6 Å². The number of carbonyl (C=O) groups is 2. The van der Waals surface area contributed by atoms with Crippen LogP contribution in [0.3, 0.4) is 0 Å². The van der Waals surface area contributed by atoms with Crippen molar-refractivity contribution in [2.45, 2.75) is 71.0 Å². The fraction of sp³-hybridized carbons (Fsp3) is 0.517. The maximum atomic E-state index is 13.5. The minimum Gasteiger partial charge on any atom is -0.497 e. The van der Waals surface area contributed by atoms with Crippen LogP contribution in [0.2, 0.25) is 0 Å². The fourth-order valence-electron chi connectivity index (χ4n) is 4.87. The molecule has 0 spiro atoms. The number of anilines is 1. The highest BCUT2D eigenvalue weighted by molar-refractivity contribution is 7.92. The summed E-state index contributed by atoms with van der Waals surface area (Å²) in [5.74, 6) is 0.730. The van der Waals surface area contributed by atoms with Crippen molar-refractivity contribution in [3.63, 3.8) is 0 Å². The monoisotopic (exact) mass is 559 g/mol. The molecule has 0 aliphatic heterocycles. The lowest BCUT2D eigenvalue weighted by Crippen LogP contribution is -2.49. The van der Waals surface area contributed by atoms with Crippen LogP contribution in [0.25, 0.3) is 0 Å². The van der Waals surface area contributed by atoms with E-state index in [9.17, 15) is 18.0 Å². The second-order valence-electron chi connectivity index (χ2n) is 9.88. The first-order valence-electron chi connectivity index (χ1n) is 13.6. The van der Waals surface area contributed by atoms with E-state index in [-0.39, 0.29) is 43.8 Å². The van der Waals surface area contributed by atoms with Crippen LogP contribution >= 0.6 is 0 Å². The van der Waals surface area contributed by atoms with E-state index in [0.29, 0.717) is 23.8 Å². The summed E-state index contributed by atoms with van der Waals surface area (Å²) < 4.78 is 37.6. The molecule has 0 saturated heterocycles. The Morgan fingerprint density at radius 1 is 1.10 bits per heavy atom. The van der Waals surface area contributed by atoms with Gasteiger partial charge in [-0.25, -0.2) is 8.42 Å². The number of rotatable bonds is 14. The van der Waals surface area contributed by atoms with Crippen molar-refractivity contribution in [2.24, 2.45) is 0 Å². The van der Waals surface area contributed by atoms with Gasteiger partial charge in [0.15, 0.2) is 0 Å². The number of sulfonamides is 1. The Kier molecular flexibility index (Phi) is 11.0. The van der Waals surface area contributed by atoms with Crippen LogP contribution < -0.4 is 19.1 Å². The molecule has 1 saturated carbocycles. The first-order chi connectivity index (χ1) is 18.6. The van der Waals surface area contributed by atoms with Crippen LogP contribution in [-0.4, -0.2) is 63.7 Å². The average Bonchev–Trinajstić information content (AvgIpc) is 3.42. The SMILES string of the molecule is CCOc1ccccc1N(CCCC(=O)N(Cc1cccc(OC)c1)[C@@H](C)C(=O)NC1CCCC1)S(C)(=O)=O. The second kappa shape index (κ2) is 14.2. The molecule has 2 aromatic rings. The maximum Gasteiger partial charge on any atom is 0.242 e. The summed E-state index contributed by atoms with van der Waals surface area (Å²) in [5.41, 5.74) is 1.28. The Hall–Kier alpha value is -3.27. The topological polar surface area (TPSA) is 105 Å². The Labute approximate surface area is 232 Å². The second-order valence-corrected chi connectivity index (χ2v) is 11.8. The molecule has 3 rings (SSSR count). The number of benzene rings is 2. The van der Waals surface area contributed by atoms with Crippen molar-refractivity contribution in [3.05, 3.63) is 54.1 Å². The number of hydrogen-bond acceptors (Lipinski definition) is 6. The number of ether oxygens (including phenoxy) is 2. The van der Waals surface area contributed by atoms with Gasteiger partial charge in [0.25, 0.3) is 0 Å². The summed E-state index contributed by atoms with van der Waals surface area (Å²) in [4.78, 5) is 28.2. The fourth-order valence-corrected chi connectivity index (χ4v) is 5.83. The quantitative estimate of drug-likeness (QED) is 0.373. The molecule has 1 atom stereocenters. The molecule has 1 N–H and O–H groups in total. The average molecular weight is 560 g/mol. The molecule has 2 amide bonds. The Bertz CT molecular complexity index is 1210. The summed E-state index contributed by atoms with van der Waals surface area (Å²) in [6.45, 7) is 4.31. The molecule has 1 aliphatic rings. The number of methoxy groups -OCH3 is 1. The number of nitrogens with one attached hydrogen (secondary N) is 1. The van der Waals surface area contributed by atoms with Crippen molar-refractivity contribution in [1.82, 2.24) is 10.2 Å². The zero-order chi connectivity index (χ0) is 28.4. The van der Waals surface area contributed by atoms with E-state index in [4.69, 9.17) is 9.47 Å². The predicted molar refractivity (Wildman–Crippen MR) is 152 cm³/mol. The van der Waals surface area contributed by atoms with Gasteiger partial charge in [-0.2, -0.15) is 0 Å². The van der Waals surface area contributed by atoms with E-state index < -0.39 is 16.1 Å². The third-order valence-corrected chi connectivity index (χ3v) is 8.12. The molecule has 0 radical (unpaired) electrons. The van der Waals surface area contributed by atoms with E-state index in [2.05, 4.69) is 5.32 Å². The lowest BCUT2D eigenvalue weighted by atomic mass is 10.1. The van der Waals surface area contributed by atoms with Crippen LogP contribution in [-0.2, 0) is 26.2 Å². The van der Waals surface area contributed by atoms with Crippen LogP contribution in [0.15, 0.2) is 48.5 Å². The molecule has 1 fully saturated rings. The standard InChI is InChI=1S/C29H41N3O6S/c1-5-38-27-17-9-8-16-26(27)32(39(4,35)36)19-11-18-28(33)31(21-23-12-10-15-25(20-23)37-3)22(2)29(34)30-24-13-6-7-14-24/h8-10,12,15-17,20,22,24H,5-7,11,13-14,18-19,21H2,1-4H3,(H,30,34)/t22-/m0/s1. The van der Waals surface area contributed by atoms with Crippen molar-refractivity contribution < 1.29 is 27.5 Å². The van der Waals surface area contributed by atoms with Gasteiger partial charge in [0.1, 0.15) is 17.5 Å². The van der Waals surface area contributed by atoms with Crippen LogP contribution in [0.4, 0.5) is 5.69 Å². The lowest BCUT2D eigenvalue weighted by molar-refractivity contribution is -0.141. The van der Waals surface area contributed by atoms with Crippen molar-refractivity contribution >= 4 is 27.5 Å². The normalized spacial score (nSPS) is 14.5. The Balaban J connectivity index is 1.75. The largest absolute Gasteiger partial charge is 0.497 e. The van der Waals surface area contributed by atoms with Crippen LogP contribution in [0, 0.1) is 0 Å². The van der Waals surface area contributed by atoms with Crippen molar-refractivity contribution in [3.8, 4) is 11.5 Å². The minimum absolute atomic E-state index is 0.0772. The zero-order valence-corrected chi connectivity index (χ0v) is 24.2. The molecule has 0 aromatic heterocycles. The molecule has 0 unspecified atom stereocenters. The van der Waals surface area contributed by atoms with Crippen LogP contribution in [0.5, 0.6) is 11.5 Å². The number of para-hydroxylation sites is 2. The molecule has 0 heterocycles. The van der Waals surface area contributed by atoms with Gasteiger partial charge in [-0.15, -0.1) is 0 Å². The molecule has 1 aliphatic carbocycles. The van der Waals surface area contributed by atoms with E-state index in [1.807, 2.05) is 31.2 Å². The van der Waals surface area contributed by atoms with E-state index in [1.54, 1.807) is 43.2 Å². The Morgan fingerprint density at radius 2 is 1.82 bits per heavy atom. The smallest absolute Gasteiger partial charge is 0.242 e. The molecule has 0 bridgehead atoms. The highest BCUT2D eigenvalue weighted by Crippen LogP contribution is 2.30. The van der Waals surface area contributed by atoms with Gasteiger partial charge in [-0.1, -0.05) is 37.1 Å². The first kappa shape index (κ1) is 30.3. The molecule has 10 heteroatoms. The summed E-state index contributed by atoms with van der Waals surface area (Å²) in [6, 6.07) is 13.8. The third-order valence-electron chi connectivity index (χ3n) is 6.94. The zero-order valence-electron chi connectivity index (χ0n) is 23.4. The Morgan fingerprint density at radius 3 is 2.49 bits per heavy atom. The van der Waals surface area contributed by atoms with Gasteiger partial charge in [-0.05, 0) is 62.9 Å². The van der Waals surface area contributed by atoms with Gasteiger partial charge in [0.2, 0.25) is 21.8 Å². The van der Waals surface area contributed by atoms with Gasteiger partial charge < -0.3 is 19.7 Å². The molecule has 9 nitrogen and oxygen atoms in total. The first-order valence-corrected chi connectivity index (χ1v) is 15.4. The summed E-state index contributed by atoms with van der Waals surface area (Å²) in [5, 5.41) is 3.10. The molecule has 2 aromatic carbocycles. The number of amides is 2. The molecule has 214 valence electrons. The summed E-state index contributed by atoms with van der Waals surface area (Å²) >= 11 is 0. The van der Waals surface area contributed by atoms with Crippen LogP contribution in [0.1, 0.15) is 57.9 Å². The highest BCUT2D eigenvalue weighted by Gasteiger charge is 2.29. The predicted octanol–water partition coefficient (Wildman–Crippen LogP) is 4.12. The van der Waals surface area contributed by atoms with E-state index in [1.165, 1.54) is 4.31 Å². The molecule has 39 heavy (non-hydrogen) atoms. The lowest BCUT2D eigenvalue weighted by Gasteiger charge is -2.30. The minimum atomic E-state index is -3.63. The molecular formula is C29H41N3O6S. The number of hydrogen-bond donors (Lipinski definition) is 1.